The van der Waals surface area contributed by atoms with Crippen molar-refractivity contribution in [3.63, 3.8) is 0 Å². The molecular formula is C21H24F3NO4S. The van der Waals surface area contributed by atoms with E-state index in [0.717, 1.165) is 18.4 Å². The molecule has 1 fully saturated rings. The van der Waals surface area contributed by atoms with Gasteiger partial charge in [0, 0.05) is 18.3 Å². The van der Waals surface area contributed by atoms with Crippen molar-refractivity contribution in [3.05, 3.63) is 59.7 Å². The molecule has 2 aromatic rings. The van der Waals surface area contributed by atoms with E-state index >= 15 is 0 Å². The van der Waals surface area contributed by atoms with Crippen molar-refractivity contribution < 1.29 is 31.4 Å². The van der Waals surface area contributed by atoms with E-state index in [1.165, 1.54) is 24.3 Å². The number of rotatable bonds is 5. The Balaban J connectivity index is 1.69. The zero-order valence-corrected chi connectivity index (χ0v) is 17.4. The Morgan fingerprint density at radius 1 is 1.10 bits per heavy atom. The topological polar surface area (TPSA) is 75.6 Å². The van der Waals surface area contributed by atoms with Crippen LogP contribution in [0.2, 0.25) is 0 Å². The molecule has 1 aliphatic rings. The van der Waals surface area contributed by atoms with Crippen molar-refractivity contribution in [1.82, 2.24) is 5.32 Å². The Morgan fingerprint density at radius 3 is 2.23 bits per heavy atom. The fourth-order valence-electron chi connectivity index (χ4n) is 3.81. The molecule has 0 aromatic heterocycles. The van der Waals surface area contributed by atoms with Crippen LogP contribution in [-0.4, -0.2) is 38.5 Å². The summed E-state index contributed by atoms with van der Waals surface area (Å²) in [5.41, 5.74) is -1.59. The average Bonchev–Trinajstić information content (AvgIpc) is 2.65. The van der Waals surface area contributed by atoms with Crippen LogP contribution < -0.4 is 10.1 Å². The summed E-state index contributed by atoms with van der Waals surface area (Å²) in [6.45, 7) is 2.10. The van der Waals surface area contributed by atoms with Crippen LogP contribution in [0.5, 0.6) is 5.75 Å². The first kappa shape index (κ1) is 22.6. The predicted molar refractivity (Wildman–Crippen MR) is 106 cm³/mol. The Bertz CT molecular complexity index is 975. The predicted octanol–water partition coefficient (Wildman–Crippen LogP) is 3.52. The van der Waals surface area contributed by atoms with E-state index in [9.17, 15) is 26.7 Å². The summed E-state index contributed by atoms with van der Waals surface area (Å²) in [7, 11) is -3.29. The summed E-state index contributed by atoms with van der Waals surface area (Å²) < 4.78 is 67.2. The van der Waals surface area contributed by atoms with E-state index in [1.54, 1.807) is 12.1 Å². The van der Waals surface area contributed by atoms with Crippen LogP contribution in [-0.2, 0) is 21.6 Å². The third-order valence-electron chi connectivity index (χ3n) is 5.20. The van der Waals surface area contributed by atoms with E-state index < -0.39 is 27.2 Å². The summed E-state index contributed by atoms with van der Waals surface area (Å²) in [6, 6.07) is 10.3. The van der Waals surface area contributed by atoms with E-state index in [1.807, 2.05) is 6.92 Å². The largest absolute Gasteiger partial charge is 0.492 e. The number of ether oxygens (including phenoxy) is 1. The fraction of sp³-hybridized carbons (Fsp3) is 0.429. The van der Waals surface area contributed by atoms with E-state index in [2.05, 4.69) is 5.32 Å². The molecule has 0 aliphatic carbocycles. The van der Waals surface area contributed by atoms with E-state index in [0.29, 0.717) is 17.7 Å². The molecule has 5 nitrogen and oxygen atoms in total. The first-order chi connectivity index (χ1) is 13.9. The highest BCUT2D eigenvalue weighted by molar-refractivity contribution is 7.90. The highest BCUT2D eigenvalue weighted by Gasteiger charge is 2.39. The van der Waals surface area contributed by atoms with Gasteiger partial charge in [-0.3, -0.25) is 0 Å². The molecule has 0 amide bonds. The van der Waals surface area contributed by atoms with E-state index in [-0.39, 0.29) is 30.0 Å². The van der Waals surface area contributed by atoms with Crippen molar-refractivity contribution in [3.8, 4) is 5.75 Å². The zero-order chi connectivity index (χ0) is 22.2. The van der Waals surface area contributed by atoms with Gasteiger partial charge in [0.05, 0.1) is 16.1 Å². The SMILES string of the molecule is CC1CC(O)(c2ccc(C(F)(F)F)cc2)CC(COc2ccc(S(C)(=O)=O)cc2)N1. The lowest BCUT2D eigenvalue weighted by molar-refractivity contribution is -0.137. The van der Waals surface area contributed by atoms with Crippen LogP contribution in [0.4, 0.5) is 13.2 Å². The molecule has 3 unspecified atom stereocenters. The van der Waals surface area contributed by atoms with Gasteiger partial charge in [0.1, 0.15) is 12.4 Å². The lowest BCUT2D eigenvalue weighted by Crippen LogP contribution is -2.53. The maximum Gasteiger partial charge on any atom is 0.416 e. The number of aliphatic hydroxyl groups is 1. The van der Waals surface area contributed by atoms with Crippen LogP contribution in [0.3, 0.4) is 0 Å². The number of nitrogens with one attached hydrogen (secondary N) is 1. The number of piperidine rings is 1. The minimum Gasteiger partial charge on any atom is -0.492 e. The Kier molecular flexibility index (Phi) is 6.18. The number of halogens is 3. The van der Waals surface area contributed by atoms with Gasteiger partial charge in [-0.05, 0) is 61.7 Å². The minimum absolute atomic E-state index is 0.0766. The molecule has 9 heteroatoms. The Morgan fingerprint density at radius 2 is 1.70 bits per heavy atom. The van der Waals surface area contributed by atoms with Crippen LogP contribution in [0.25, 0.3) is 0 Å². The van der Waals surface area contributed by atoms with Crippen molar-refractivity contribution in [2.75, 3.05) is 12.9 Å². The number of benzene rings is 2. The number of alkyl halides is 3. The van der Waals surface area contributed by atoms with Gasteiger partial charge in [-0.1, -0.05) is 12.1 Å². The summed E-state index contributed by atoms with van der Waals surface area (Å²) >= 11 is 0. The normalized spacial score (nSPS) is 25.1. The van der Waals surface area contributed by atoms with Crippen molar-refractivity contribution in [2.24, 2.45) is 0 Å². The molecule has 0 bridgehead atoms. The van der Waals surface area contributed by atoms with Gasteiger partial charge in [0.15, 0.2) is 9.84 Å². The van der Waals surface area contributed by atoms with Gasteiger partial charge in [-0.15, -0.1) is 0 Å². The lowest BCUT2D eigenvalue weighted by Gasteiger charge is -2.41. The maximum atomic E-state index is 12.8. The molecule has 0 saturated carbocycles. The summed E-state index contributed by atoms with van der Waals surface area (Å²) in [5.74, 6) is 0.487. The van der Waals surface area contributed by atoms with Crippen LogP contribution in [0, 0.1) is 0 Å². The van der Waals surface area contributed by atoms with Gasteiger partial charge in [-0.2, -0.15) is 13.2 Å². The molecule has 1 aliphatic heterocycles. The van der Waals surface area contributed by atoms with Crippen LogP contribution in [0.15, 0.2) is 53.4 Å². The second-order valence-electron chi connectivity index (χ2n) is 7.83. The molecule has 30 heavy (non-hydrogen) atoms. The lowest BCUT2D eigenvalue weighted by atomic mass is 9.79. The van der Waals surface area contributed by atoms with Gasteiger partial charge in [0.2, 0.25) is 0 Å². The molecule has 3 atom stereocenters. The molecule has 0 spiro atoms. The summed E-state index contributed by atoms with van der Waals surface area (Å²) in [5, 5.41) is 14.5. The van der Waals surface area contributed by atoms with Crippen molar-refractivity contribution >= 4 is 9.84 Å². The van der Waals surface area contributed by atoms with Crippen molar-refractivity contribution in [1.29, 1.82) is 0 Å². The molecule has 2 aromatic carbocycles. The molecular weight excluding hydrogens is 419 g/mol. The maximum absolute atomic E-state index is 12.8. The standard InChI is InChI=1S/C21H24F3NO4S/c1-14-11-20(26,15-3-5-16(6-4-15)21(22,23)24)12-17(25-14)13-29-18-7-9-19(10-8-18)30(2,27)28/h3-10,14,17,25-26H,11-13H2,1-2H3. The quantitative estimate of drug-likeness (QED) is 0.740. The first-order valence-electron chi connectivity index (χ1n) is 9.46. The molecule has 2 N–H and O–H groups in total. The number of hydrogen-bond donors (Lipinski definition) is 2. The van der Waals surface area contributed by atoms with Gasteiger partial charge in [0.25, 0.3) is 0 Å². The fourth-order valence-corrected chi connectivity index (χ4v) is 4.44. The summed E-state index contributed by atoms with van der Waals surface area (Å²) in [4.78, 5) is 0.191. The van der Waals surface area contributed by atoms with Crippen molar-refractivity contribution in [2.45, 2.75) is 48.5 Å². The second kappa shape index (κ2) is 8.20. The molecule has 164 valence electrons. The zero-order valence-electron chi connectivity index (χ0n) is 16.6. The smallest absolute Gasteiger partial charge is 0.416 e. The Labute approximate surface area is 173 Å². The summed E-state index contributed by atoms with van der Waals surface area (Å²) in [6.07, 6.45) is -2.67. The van der Waals surface area contributed by atoms with E-state index in [4.69, 9.17) is 4.74 Å². The highest BCUT2D eigenvalue weighted by Crippen LogP contribution is 2.37. The Hall–Kier alpha value is -2.10. The third-order valence-corrected chi connectivity index (χ3v) is 6.33. The molecule has 1 saturated heterocycles. The third kappa shape index (κ3) is 5.33. The molecule has 0 radical (unpaired) electrons. The monoisotopic (exact) mass is 443 g/mol. The molecule has 3 rings (SSSR count). The van der Waals surface area contributed by atoms with Gasteiger partial charge < -0.3 is 15.2 Å². The molecule has 1 heterocycles. The number of hydrogen-bond acceptors (Lipinski definition) is 5. The minimum atomic E-state index is -4.43. The van der Waals surface area contributed by atoms with Crippen LogP contribution >= 0.6 is 0 Å². The van der Waals surface area contributed by atoms with Crippen LogP contribution in [0.1, 0.15) is 30.9 Å². The van der Waals surface area contributed by atoms with Gasteiger partial charge in [-0.25, -0.2) is 8.42 Å². The average molecular weight is 443 g/mol. The highest BCUT2D eigenvalue weighted by atomic mass is 32.2. The second-order valence-corrected chi connectivity index (χ2v) is 9.85. The van der Waals surface area contributed by atoms with Gasteiger partial charge >= 0.3 is 6.18 Å². The number of sulfone groups is 1. The first-order valence-corrected chi connectivity index (χ1v) is 11.3.